The molecule has 1 aliphatic heterocycles. The van der Waals surface area contributed by atoms with Crippen molar-refractivity contribution in [1.29, 1.82) is 0 Å². The maximum Gasteiger partial charge on any atom is 0.227 e. The molecule has 5 nitrogen and oxygen atoms in total. The van der Waals surface area contributed by atoms with Crippen molar-refractivity contribution < 1.29 is 24.1 Å². The molecule has 186 valence electrons. The first-order valence-corrected chi connectivity index (χ1v) is 12.2. The molecule has 0 aliphatic carbocycles. The van der Waals surface area contributed by atoms with Gasteiger partial charge in [-0.2, -0.15) is 0 Å². The molecule has 1 aliphatic rings. The summed E-state index contributed by atoms with van der Waals surface area (Å²) in [7, 11) is 1.54. The molecule has 35 heavy (non-hydrogen) atoms. The van der Waals surface area contributed by atoms with Gasteiger partial charge in [0, 0.05) is 23.7 Å². The standard InChI is InChI=1S/C27H28FNO4.C2H6/c1-33-22-14-15-23(25(31)17-22)27-19(16-26(32)29(27)21-7-3-2-4-8-21)6-5-9-24(30)18-10-12-20(28)13-11-18;1-2/h2-4,7-8,10-15,17,19,24,27,30-31H,5-6,9,16H2,1H3;1-2H3. The Morgan fingerprint density at radius 2 is 1.74 bits per heavy atom. The molecular formula is C29H34FNO4. The lowest BCUT2D eigenvalue weighted by atomic mass is 9.88. The number of para-hydroxylation sites is 1. The molecular weight excluding hydrogens is 445 g/mol. The Kier molecular flexibility index (Phi) is 9.26. The van der Waals surface area contributed by atoms with Crippen LogP contribution >= 0.6 is 0 Å². The number of halogens is 1. The zero-order valence-corrected chi connectivity index (χ0v) is 20.5. The first-order chi connectivity index (χ1) is 17.0. The number of aromatic hydroxyl groups is 1. The van der Waals surface area contributed by atoms with Crippen molar-refractivity contribution in [1.82, 2.24) is 0 Å². The van der Waals surface area contributed by atoms with Gasteiger partial charge >= 0.3 is 0 Å². The molecule has 1 amide bonds. The van der Waals surface area contributed by atoms with Gasteiger partial charge in [0.1, 0.15) is 17.3 Å². The maximum absolute atomic E-state index is 13.2. The third kappa shape index (κ3) is 6.20. The minimum absolute atomic E-state index is 0.00509. The molecule has 1 fully saturated rings. The van der Waals surface area contributed by atoms with Crippen LogP contribution in [-0.4, -0.2) is 23.2 Å². The molecule has 0 aromatic heterocycles. The Labute approximate surface area is 206 Å². The van der Waals surface area contributed by atoms with Crippen LogP contribution in [0.2, 0.25) is 0 Å². The average molecular weight is 480 g/mol. The summed E-state index contributed by atoms with van der Waals surface area (Å²) in [5.74, 6) is 0.276. The number of phenolic OH excluding ortho intramolecular Hbond substituents is 1. The number of rotatable bonds is 8. The van der Waals surface area contributed by atoms with E-state index in [2.05, 4.69) is 0 Å². The van der Waals surface area contributed by atoms with Gasteiger partial charge in [0.25, 0.3) is 0 Å². The molecule has 6 heteroatoms. The van der Waals surface area contributed by atoms with Crippen molar-refractivity contribution in [2.45, 2.75) is 51.7 Å². The fourth-order valence-corrected chi connectivity index (χ4v) is 4.67. The smallest absolute Gasteiger partial charge is 0.227 e. The molecule has 3 aromatic carbocycles. The Morgan fingerprint density at radius 3 is 2.37 bits per heavy atom. The number of hydrogen-bond acceptors (Lipinski definition) is 4. The second-order valence-electron chi connectivity index (χ2n) is 8.43. The van der Waals surface area contributed by atoms with Crippen LogP contribution in [0.25, 0.3) is 0 Å². The van der Waals surface area contributed by atoms with E-state index in [-0.39, 0.29) is 29.4 Å². The van der Waals surface area contributed by atoms with E-state index in [1.165, 1.54) is 12.1 Å². The Balaban J connectivity index is 0.00000167. The SMILES string of the molecule is CC.COc1ccc(C2C(CCCC(O)c3ccc(F)cc3)CC(=O)N2c2ccccc2)c(O)c1. The molecule has 1 saturated heterocycles. The average Bonchev–Trinajstić information content (AvgIpc) is 3.21. The van der Waals surface area contributed by atoms with E-state index < -0.39 is 6.10 Å². The second-order valence-corrected chi connectivity index (χ2v) is 8.43. The topological polar surface area (TPSA) is 70.0 Å². The summed E-state index contributed by atoms with van der Waals surface area (Å²) in [5.41, 5.74) is 2.14. The van der Waals surface area contributed by atoms with E-state index in [1.807, 2.05) is 50.2 Å². The highest BCUT2D eigenvalue weighted by Gasteiger charge is 2.42. The zero-order chi connectivity index (χ0) is 25.4. The largest absolute Gasteiger partial charge is 0.507 e. The van der Waals surface area contributed by atoms with Gasteiger partial charge in [-0.1, -0.05) is 50.6 Å². The predicted molar refractivity (Wildman–Crippen MR) is 136 cm³/mol. The molecule has 0 spiro atoms. The van der Waals surface area contributed by atoms with Crippen molar-refractivity contribution in [3.8, 4) is 11.5 Å². The highest BCUT2D eigenvalue weighted by Crippen LogP contribution is 2.46. The molecule has 1 heterocycles. The third-order valence-electron chi connectivity index (χ3n) is 6.33. The lowest BCUT2D eigenvalue weighted by Gasteiger charge is -2.29. The first kappa shape index (κ1) is 26.2. The zero-order valence-electron chi connectivity index (χ0n) is 20.5. The Morgan fingerprint density at radius 1 is 1.06 bits per heavy atom. The van der Waals surface area contributed by atoms with Gasteiger partial charge in [-0.15, -0.1) is 0 Å². The predicted octanol–water partition coefficient (Wildman–Crippen LogP) is 6.56. The minimum atomic E-state index is -0.694. The number of aliphatic hydroxyl groups excluding tert-OH is 1. The van der Waals surface area contributed by atoms with Gasteiger partial charge in [-0.25, -0.2) is 4.39 Å². The number of nitrogens with zero attached hydrogens (tertiary/aromatic N) is 1. The lowest BCUT2D eigenvalue weighted by molar-refractivity contribution is -0.117. The number of carbonyl (C=O) groups excluding carboxylic acids is 1. The molecule has 3 unspecified atom stereocenters. The normalized spacial score (nSPS) is 18.1. The maximum atomic E-state index is 13.2. The van der Waals surface area contributed by atoms with Crippen LogP contribution in [0.15, 0.2) is 72.8 Å². The van der Waals surface area contributed by atoms with E-state index in [0.29, 0.717) is 42.6 Å². The van der Waals surface area contributed by atoms with Crippen molar-refractivity contribution >= 4 is 11.6 Å². The number of aliphatic hydroxyl groups is 1. The molecule has 4 rings (SSSR count). The van der Waals surface area contributed by atoms with Crippen LogP contribution in [0.4, 0.5) is 10.1 Å². The molecule has 0 bridgehead atoms. The number of phenols is 1. The summed E-state index contributed by atoms with van der Waals surface area (Å²) in [6.45, 7) is 4.00. The summed E-state index contributed by atoms with van der Waals surface area (Å²) in [4.78, 5) is 14.9. The van der Waals surface area contributed by atoms with Crippen LogP contribution in [0.1, 0.15) is 62.8 Å². The molecule has 0 saturated carbocycles. The Hall–Kier alpha value is -3.38. The van der Waals surface area contributed by atoms with Gasteiger partial charge in [-0.05, 0) is 60.7 Å². The van der Waals surface area contributed by atoms with Gasteiger partial charge in [-0.3, -0.25) is 4.79 Å². The fraction of sp³-hybridized carbons (Fsp3) is 0.345. The Bertz CT molecular complexity index is 1090. The fourth-order valence-electron chi connectivity index (χ4n) is 4.67. The van der Waals surface area contributed by atoms with E-state index in [9.17, 15) is 19.4 Å². The van der Waals surface area contributed by atoms with E-state index >= 15 is 0 Å². The van der Waals surface area contributed by atoms with Gasteiger partial charge in [0.15, 0.2) is 0 Å². The van der Waals surface area contributed by atoms with E-state index in [1.54, 1.807) is 36.3 Å². The molecule has 0 radical (unpaired) electrons. The minimum Gasteiger partial charge on any atom is -0.507 e. The summed E-state index contributed by atoms with van der Waals surface area (Å²) in [5, 5.41) is 21.2. The second kappa shape index (κ2) is 12.4. The monoisotopic (exact) mass is 479 g/mol. The van der Waals surface area contributed by atoms with E-state index in [4.69, 9.17) is 4.74 Å². The molecule has 3 atom stereocenters. The molecule has 2 N–H and O–H groups in total. The number of hydrogen-bond donors (Lipinski definition) is 2. The van der Waals surface area contributed by atoms with Crippen molar-refractivity contribution in [2.75, 3.05) is 12.0 Å². The summed E-state index contributed by atoms with van der Waals surface area (Å²) in [6, 6.07) is 20.2. The number of anilines is 1. The van der Waals surface area contributed by atoms with Crippen molar-refractivity contribution in [3.05, 3.63) is 89.7 Å². The van der Waals surface area contributed by atoms with Gasteiger partial charge in [0.2, 0.25) is 5.91 Å². The van der Waals surface area contributed by atoms with Crippen LogP contribution in [-0.2, 0) is 4.79 Å². The van der Waals surface area contributed by atoms with Crippen LogP contribution in [0, 0.1) is 11.7 Å². The number of benzene rings is 3. The number of carbonyl (C=O) groups is 1. The van der Waals surface area contributed by atoms with Crippen molar-refractivity contribution in [3.63, 3.8) is 0 Å². The van der Waals surface area contributed by atoms with Crippen molar-refractivity contribution in [2.24, 2.45) is 5.92 Å². The quantitative estimate of drug-likeness (QED) is 0.384. The molecule has 3 aromatic rings. The van der Waals surface area contributed by atoms with Crippen LogP contribution in [0.3, 0.4) is 0 Å². The summed E-state index contributed by atoms with van der Waals surface area (Å²) < 4.78 is 18.4. The first-order valence-electron chi connectivity index (χ1n) is 12.2. The van der Waals surface area contributed by atoms with Gasteiger partial charge in [0.05, 0.1) is 19.3 Å². The number of methoxy groups -OCH3 is 1. The highest BCUT2D eigenvalue weighted by atomic mass is 19.1. The number of ether oxygens (including phenoxy) is 1. The third-order valence-corrected chi connectivity index (χ3v) is 6.33. The lowest BCUT2D eigenvalue weighted by Crippen LogP contribution is -2.28. The van der Waals surface area contributed by atoms with E-state index in [0.717, 1.165) is 5.69 Å². The summed E-state index contributed by atoms with van der Waals surface area (Å²) >= 11 is 0. The van der Waals surface area contributed by atoms with Gasteiger partial charge < -0.3 is 19.8 Å². The van der Waals surface area contributed by atoms with Crippen LogP contribution in [0.5, 0.6) is 11.5 Å². The number of amides is 1. The highest BCUT2D eigenvalue weighted by molar-refractivity contribution is 5.97. The van der Waals surface area contributed by atoms with Crippen LogP contribution < -0.4 is 9.64 Å². The summed E-state index contributed by atoms with van der Waals surface area (Å²) in [6.07, 6.45) is 1.55.